The highest BCUT2D eigenvalue weighted by molar-refractivity contribution is 5.50. The van der Waals surface area contributed by atoms with Crippen LogP contribution in [0.5, 0.6) is 11.5 Å². The van der Waals surface area contributed by atoms with E-state index in [9.17, 15) is 5.11 Å². The zero-order valence-electron chi connectivity index (χ0n) is 12.7. The van der Waals surface area contributed by atoms with Gasteiger partial charge in [0.2, 0.25) is 0 Å². The number of ether oxygens (including phenoxy) is 2. The monoisotopic (exact) mass is 267 g/mol. The Bertz CT molecular complexity index is 418. The first-order chi connectivity index (χ1) is 8.92. The van der Waals surface area contributed by atoms with Crippen LogP contribution in [0.1, 0.15) is 38.0 Å². The van der Waals surface area contributed by atoms with Gasteiger partial charge in [0.1, 0.15) is 11.5 Å². The molecule has 0 aliphatic heterocycles. The van der Waals surface area contributed by atoms with E-state index in [1.54, 1.807) is 14.2 Å². The van der Waals surface area contributed by atoms with Crippen LogP contribution in [0.3, 0.4) is 0 Å². The van der Waals surface area contributed by atoms with Crippen LogP contribution in [0.2, 0.25) is 0 Å². The zero-order valence-corrected chi connectivity index (χ0v) is 12.7. The second-order valence-corrected chi connectivity index (χ2v) is 5.07. The van der Waals surface area contributed by atoms with Crippen LogP contribution in [-0.4, -0.2) is 31.4 Å². The van der Waals surface area contributed by atoms with Gasteiger partial charge in [0.15, 0.2) is 0 Å². The Balaban J connectivity index is 3.09. The minimum absolute atomic E-state index is 0.0540. The number of nitrogens with one attached hydrogen (secondary N) is 1. The first-order valence-electron chi connectivity index (χ1n) is 6.58. The Morgan fingerprint density at radius 2 is 1.74 bits per heavy atom. The lowest BCUT2D eigenvalue weighted by Gasteiger charge is -2.25. The smallest absolute Gasteiger partial charge is 0.131 e. The van der Waals surface area contributed by atoms with Gasteiger partial charge in [-0.15, -0.1) is 0 Å². The first kappa shape index (κ1) is 15.8. The van der Waals surface area contributed by atoms with Crippen molar-refractivity contribution in [2.75, 3.05) is 14.2 Å². The molecule has 0 saturated heterocycles. The maximum Gasteiger partial charge on any atom is 0.131 e. The average Bonchev–Trinajstić information content (AvgIpc) is 2.36. The Kier molecular flexibility index (Phi) is 5.63. The first-order valence-corrected chi connectivity index (χ1v) is 6.58. The van der Waals surface area contributed by atoms with Gasteiger partial charge < -0.3 is 19.9 Å². The molecule has 2 atom stereocenters. The number of aliphatic hydroxyl groups excluding tert-OH is 1. The standard InChI is InChI=1S/C15H25NO3/c1-9(2)16-11(4)14(17)12-7-8-13(18-5)10(3)15(12)19-6/h7-9,11,14,16-17H,1-6H3. The van der Waals surface area contributed by atoms with Crippen LogP contribution in [0.25, 0.3) is 0 Å². The van der Waals surface area contributed by atoms with E-state index in [0.29, 0.717) is 11.8 Å². The van der Waals surface area contributed by atoms with Crippen LogP contribution in [0.4, 0.5) is 0 Å². The summed E-state index contributed by atoms with van der Waals surface area (Å²) < 4.78 is 10.7. The molecular weight excluding hydrogens is 242 g/mol. The topological polar surface area (TPSA) is 50.7 Å². The molecule has 1 aromatic carbocycles. The summed E-state index contributed by atoms with van der Waals surface area (Å²) in [6.45, 7) is 8.00. The lowest BCUT2D eigenvalue weighted by Crippen LogP contribution is -2.37. The fourth-order valence-corrected chi connectivity index (χ4v) is 2.31. The summed E-state index contributed by atoms with van der Waals surface area (Å²) >= 11 is 0. The molecule has 0 aliphatic carbocycles. The molecule has 2 N–H and O–H groups in total. The Hall–Kier alpha value is -1.26. The minimum Gasteiger partial charge on any atom is -0.496 e. The molecule has 0 aromatic heterocycles. The summed E-state index contributed by atoms with van der Waals surface area (Å²) in [5.74, 6) is 1.45. The van der Waals surface area contributed by atoms with Gasteiger partial charge >= 0.3 is 0 Å². The van der Waals surface area contributed by atoms with Crippen molar-refractivity contribution >= 4 is 0 Å². The molecule has 0 amide bonds. The maximum atomic E-state index is 10.5. The number of hydrogen-bond acceptors (Lipinski definition) is 4. The second kappa shape index (κ2) is 6.78. The van der Waals surface area contributed by atoms with Crippen molar-refractivity contribution in [3.05, 3.63) is 23.3 Å². The van der Waals surface area contributed by atoms with Crippen LogP contribution < -0.4 is 14.8 Å². The van der Waals surface area contributed by atoms with Crippen molar-refractivity contribution < 1.29 is 14.6 Å². The van der Waals surface area contributed by atoms with Crippen molar-refractivity contribution in [3.8, 4) is 11.5 Å². The van der Waals surface area contributed by atoms with Crippen molar-refractivity contribution in [1.29, 1.82) is 0 Å². The third-order valence-electron chi connectivity index (χ3n) is 3.20. The number of rotatable bonds is 6. The molecule has 19 heavy (non-hydrogen) atoms. The molecule has 1 aromatic rings. The largest absolute Gasteiger partial charge is 0.496 e. The lowest BCUT2D eigenvalue weighted by atomic mass is 9.99. The van der Waals surface area contributed by atoms with Gasteiger partial charge in [0.25, 0.3) is 0 Å². The summed E-state index contributed by atoms with van der Waals surface area (Å²) in [5, 5.41) is 13.8. The molecule has 4 nitrogen and oxygen atoms in total. The van der Waals surface area contributed by atoms with E-state index in [1.165, 1.54) is 0 Å². The number of benzene rings is 1. The van der Waals surface area contributed by atoms with Crippen molar-refractivity contribution in [3.63, 3.8) is 0 Å². The van der Waals surface area contributed by atoms with Gasteiger partial charge in [0, 0.05) is 23.2 Å². The Morgan fingerprint density at radius 1 is 1.11 bits per heavy atom. The van der Waals surface area contributed by atoms with Crippen LogP contribution in [0, 0.1) is 6.92 Å². The molecule has 0 aliphatic rings. The molecule has 108 valence electrons. The van der Waals surface area contributed by atoms with E-state index in [4.69, 9.17) is 9.47 Å². The third-order valence-corrected chi connectivity index (χ3v) is 3.20. The molecule has 0 spiro atoms. The summed E-state index contributed by atoms with van der Waals surface area (Å²) in [4.78, 5) is 0. The van der Waals surface area contributed by atoms with Gasteiger partial charge in [-0.2, -0.15) is 0 Å². The summed E-state index contributed by atoms with van der Waals surface area (Å²) in [5.41, 5.74) is 1.68. The van der Waals surface area contributed by atoms with Gasteiger partial charge in [-0.05, 0) is 26.0 Å². The molecule has 0 bridgehead atoms. The van der Waals surface area contributed by atoms with Crippen LogP contribution in [-0.2, 0) is 0 Å². The van der Waals surface area contributed by atoms with E-state index < -0.39 is 6.10 Å². The SMILES string of the molecule is COc1ccc(C(O)C(C)NC(C)C)c(OC)c1C. The normalized spacial score (nSPS) is 14.3. The number of methoxy groups -OCH3 is 2. The van der Waals surface area contributed by atoms with Crippen molar-refractivity contribution in [2.24, 2.45) is 0 Å². The fourth-order valence-electron chi connectivity index (χ4n) is 2.31. The summed E-state index contributed by atoms with van der Waals surface area (Å²) in [6.07, 6.45) is -0.623. The quantitative estimate of drug-likeness (QED) is 0.831. The number of hydrogen-bond donors (Lipinski definition) is 2. The lowest BCUT2D eigenvalue weighted by molar-refractivity contribution is 0.128. The van der Waals surface area contributed by atoms with Crippen LogP contribution >= 0.6 is 0 Å². The van der Waals surface area contributed by atoms with E-state index >= 15 is 0 Å². The molecule has 4 heteroatoms. The zero-order chi connectivity index (χ0) is 14.6. The Morgan fingerprint density at radius 3 is 2.21 bits per heavy atom. The van der Waals surface area contributed by atoms with Crippen molar-refractivity contribution in [1.82, 2.24) is 5.32 Å². The molecule has 2 unspecified atom stereocenters. The number of aliphatic hydroxyl groups is 1. The molecule has 1 rings (SSSR count). The van der Waals surface area contributed by atoms with Gasteiger partial charge in [-0.25, -0.2) is 0 Å². The van der Waals surface area contributed by atoms with Crippen LogP contribution in [0.15, 0.2) is 12.1 Å². The third kappa shape index (κ3) is 3.61. The van der Waals surface area contributed by atoms with Crippen molar-refractivity contribution in [2.45, 2.75) is 45.9 Å². The summed E-state index contributed by atoms with van der Waals surface area (Å²) in [6, 6.07) is 3.98. The fraction of sp³-hybridized carbons (Fsp3) is 0.600. The highest BCUT2D eigenvalue weighted by Crippen LogP contribution is 2.35. The minimum atomic E-state index is -0.623. The molecular formula is C15H25NO3. The van der Waals surface area contributed by atoms with E-state index in [1.807, 2.05) is 26.0 Å². The highest BCUT2D eigenvalue weighted by Gasteiger charge is 2.22. The van der Waals surface area contributed by atoms with Gasteiger partial charge in [0.05, 0.1) is 20.3 Å². The van der Waals surface area contributed by atoms with E-state index in [2.05, 4.69) is 19.2 Å². The maximum absolute atomic E-state index is 10.5. The predicted molar refractivity (Wildman–Crippen MR) is 77.0 cm³/mol. The second-order valence-electron chi connectivity index (χ2n) is 5.07. The molecule has 0 saturated carbocycles. The van der Waals surface area contributed by atoms with Gasteiger partial charge in [-0.3, -0.25) is 0 Å². The van der Waals surface area contributed by atoms with E-state index in [-0.39, 0.29) is 6.04 Å². The molecule has 0 radical (unpaired) electrons. The molecule has 0 fully saturated rings. The summed E-state index contributed by atoms with van der Waals surface area (Å²) in [7, 11) is 3.24. The van der Waals surface area contributed by atoms with Gasteiger partial charge in [-0.1, -0.05) is 13.8 Å². The van der Waals surface area contributed by atoms with E-state index in [0.717, 1.165) is 16.9 Å². The highest BCUT2D eigenvalue weighted by atomic mass is 16.5. The predicted octanol–water partition coefficient (Wildman–Crippen LogP) is 2.43. The average molecular weight is 267 g/mol. The Labute approximate surface area is 115 Å². The molecule has 0 heterocycles.